The van der Waals surface area contributed by atoms with Gasteiger partial charge >= 0.3 is 0 Å². The molecule has 0 radical (unpaired) electrons. The van der Waals surface area contributed by atoms with Crippen molar-refractivity contribution in [2.24, 2.45) is 0 Å². The molecule has 0 spiro atoms. The number of furan rings is 1. The number of hydrogen-bond acceptors (Lipinski definition) is 2. The van der Waals surface area contributed by atoms with Crippen LogP contribution in [0, 0.1) is 0 Å². The van der Waals surface area contributed by atoms with Crippen LogP contribution in [0.5, 0.6) is 0 Å². The van der Waals surface area contributed by atoms with Crippen LogP contribution in [-0.2, 0) is 0 Å². The SMILES string of the molecule is CC(c1ccccc1)c1cc2c(=O)[nH]ccc2o1. The first-order valence-corrected chi connectivity index (χ1v) is 5.92. The van der Waals surface area contributed by atoms with Crippen LogP contribution in [0.2, 0.25) is 0 Å². The summed E-state index contributed by atoms with van der Waals surface area (Å²) in [6.07, 6.45) is 1.60. The Kier molecular flexibility index (Phi) is 2.52. The van der Waals surface area contributed by atoms with Gasteiger partial charge in [0.2, 0.25) is 0 Å². The largest absolute Gasteiger partial charge is 0.460 e. The fourth-order valence-corrected chi connectivity index (χ4v) is 2.12. The number of H-pyrrole nitrogens is 1. The lowest BCUT2D eigenvalue weighted by atomic mass is 9.99. The van der Waals surface area contributed by atoms with Crippen LogP contribution in [0.3, 0.4) is 0 Å². The van der Waals surface area contributed by atoms with Gasteiger partial charge in [0, 0.05) is 12.1 Å². The van der Waals surface area contributed by atoms with Crippen molar-refractivity contribution in [1.82, 2.24) is 4.98 Å². The maximum absolute atomic E-state index is 11.6. The van der Waals surface area contributed by atoms with Gasteiger partial charge in [-0.1, -0.05) is 37.3 Å². The standard InChI is InChI=1S/C15H13NO2/c1-10(11-5-3-2-4-6-11)14-9-12-13(18-14)7-8-16-15(12)17/h2-10H,1H3,(H,16,17). The zero-order chi connectivity index (χ0) is 12.5. The van der Waals surface area contributed by atoms with Gasteiger partial charge in [0.05, 0.1) is 5.39 Å². The number of hydrogen-bond donors (Lipinski definition) is 1. The molecule has 3 nitrogen and oxygen atoms in total. The second-order valence-corrected chi connectivity index (χ2v) is 4.37. The smallest absolute Gasteiger partial charge is 0.259 e. The van der Waals surface area contributed by atoms with E-state index in [9.17, 15) is 4.79 Å². The first kappa shape index (κ1) is 10.8. The predicted molar refractivity (Wildman–Crippen MR) is 70.8 cm³/mol. The number of rotatable bonds is 2. The third kappa shape index (κ3) is 1.74. The minimum absolute atomic E-state index is 0.109. The van der Waals surface area contributed by atoms with Crippen LogP contribution in [0.25, 0.3) is 11.0 Å². The summed E-state index contributed by atoms with van der Waals surface area (Å²) in [4.78, 5) is 14.3. The van der Waals surface area contributed by atoms with E-state index in [-0.39, 0.29) is 11.5 Å². The van der Waals surface area contributed by atoms with Crippen molar-refractivity contribution >= 4 is 11.0 Å². The summed E-state index contributed by atoms with van der Waals surface area (Å²) in [6, 6.07) is 13.7. The summed E-state index contributed by atoms with van der Waals surface area (Å²) >= 11 is 0. The lowest BCUT2D eigenvalue weighted by Crippen LogP contribution is -2.02. The monoisotopic (exact) mass is 239 g/mol. The van der Waals surface area contributed by atoms with Gasteiger partial charge in [-0.05, 0) is 17.7 Å². The third-order valence-corrected chi connectivity index (χ3v) is 3.20. The van der Waals surface area contributed by atoms with Crippen molar-refractivity contribution in [2.45, 2.75) is 12.8 Å². The summed E-state index contributed by atoms with van der Waals surface area (Å²) in [5.41, 5.74) is 1.70. The number of nitrogens with one attached hydrogen (secondary N) is 1. The Bertz CT molecular complexity index is 725. The molecule has 1 aromatic carbocycles. The van der Waals surface area contributed by atoms with E-state index in [1.807, 2.05) is 24.3 Å². The van der Waals surface area contributed by atoms with Crippen molar-refractivity contribution in [2.75, 3.05) is 0 Å². The lowest BCUT2D eigenvalue weighted by molar-refractivity contribution is 0.532. The minimum atomic E-state index is -0.109. The first-order valence-electron chi connectivity index (χ1n) is 5.92. The minimum Gasteiger partial charge on any atom is -0.460 e. The van der Waals surface area contributed by atoms with Gasteiger partial charge in [-0.25, -0.2) is 0 Å². The second kappa shape index (κ2) is 4.18. The molecule has 18 heavy (non-hydrogen) atoms. The van der Waals surface area contributed by atoms with E-state index in [4.69, 9.17) is 4.42 Å². The molecule has 0 aliphatic carbocycles. The molecule has 2 aromatic heterocycles. The van der Waals surface area contributed by atoms with Crippen LogP contribution in [0.1, 0.15) is 24.2 Å². The van der Waals surface area contributed by atoms with Crippen molar-refractivity contribution in [1.29, 1.82) is 0 Å². The molecule has 3 heteroatoms. The van der Waals surface area contributed by atoms with Gasteiger partial charge in [-0.3, -0.25) is 4.79 Å². The number of pyridine rings is 1. The molecule has 3 aromatic rings. The van der Waals surface area contributed by atoms with Crippen LogP contribution < -0.4 is 5.56 Å². The van der Waals surface area contributed by atoms with Crippen LogP contribution in [0.15, 0.2) is 57.9 Å². The van der Waals surface area contributed by atoms with E-state index in [1.54, 1.807) is 12.3 Å². The molecule has 3 rings (SSSR count). The molecule has 0 bridgehead atoms. The molecular weight excluding hydrogens is 226 g/mol. The molecule has 0 amide bonds. The maximum atomic E-state index is 11.6. The number of fused-ring (bicyclic) bond motifs is 1. The Morgan fingerprint density at radius 1 is 1.17 bits per heavy atom. The highest BCUT2D eigenvalue weighted by Gasteiger charge is 2.14. The molecule has 1 N–H and O–H groups in total. The highest BCUT2D eigenvalue weighted by atomic mass is 16.3. The Hall–Kier alpha value is -2.29. The number of aromatic amines is 1. The summed E-state index contributed by atoms with van der Waals surface area (Å²) < 4.78 is 5.75. The van der Waals surface area contributed by atoms with E-state index >= 15 is 0 Å². The van der Waals surface area contributed by atoms with Crippen LogP contribution in [0.4, 0.5) is 0 Å². The molecular formula is C15H13NO2. The number of benzene rings is 1. The zero-order valence-electron chi connectivity index (χ0n) is 10.0. The quantitative estimate of drug-likeness (QED) is 0.746. The summed E-state index contributed by atoms with van der Waals surface area (Å²) in [5, 5.41) is 0.607. The Balaban J connectivity index is 2.10. The van der Waals surface area contributed by atoms with Crippen molar-refractivity contribution in [3.63, 3.8) is 0 Å². The molecule has 0 aliphatic heterocycles. The van der Waals surface area contributed by atoms with Gasteiger partial charge in [-0.2, -0.15) is 0 Å². The van der Waals surface area contributed by atoms with Crippen molar-refractivity contribution in [3.8, 4) is 0 Å². The molecule has 0 saturated heterocycles. The normalized spacial score (nSPS) is 12.7. The van der Waals surface area contributed by atoms with Gasteiger partial charge in [-0.15, -0.1) is 0 Å². The van der Waals surface area contributed by atoms with Crippen LogP contribution >= 0.6 is 0 Å². The average Bonchev–Trinajstić information content (AvgIpc) is 2.84. The van der Waals surface area contributed by atoms with Gasteiger partial charge in [0.25, 0.3) is 5.56 Å². The third-order valence-electron chi connectivity index (χ3n) is 3.20. The Morgan fingerprint density at radius 3 is 2.67 bits per heavy atom. The van der Waals surface area contributed by atoms with E-state index in [0.717, 1.165) is 5.76 Å². The molecule has 2 heterocycles. The fraction of sp³-hybridized carbons (Fsp3) is 0.133. The van der Waals surface area contributed by atoms with E-state index < -0.39 is 0 Å². The summed E-state index contributed by atoms with van der Waals surface area (Å²) in [5.74, 6) is 0.950. The van der Waals surface area contributed by atoms with E-state index in [1.165, 1.54) is 5.56 Å². The van der Waals surface area contributed by atoms with E-state index in [0.29, 0.717) is 11.0 Å². The second-order valence-electron chi connectivity index (χ2n) is 4.37. The molecule has 1 unspecified atom stereocenters. The van der Waals surface area contributed by atoms with Crippen LogP contribution in [-0.4, -0.2) is 4.98 Å². The Morgan fingerprint density at radius 2 is 1.94 bits per heavy atom. The lowest BCUT2D eigenvalue weighted by Gasteiger charge is -2.07. The fourth-order valence-electron chi connectivity index (χ4n) is 2.12. The predicted octanol–water partition coefficient (Wildman–Crippen LogP) is 3.27. The van der Waals surface area contributed by atoms with Gasteiger partial charge in [0.15, 0.2) is 0 Å². The topological polar surface area (TPSA) is 46.0 Å². The van der Waals surface area contributed by atoms with Crippen molar-refractivity contribution in [3.05, 3.63) is 70.3 Å². The molecule has 1 atom stereocenters. The summed E-state index contributed by atoms with van der Waals surface area (Å²) in [6.45, 7) is 2.07. The Labute approximate surface area is 104 Å². The zero-order valence-corrected chi connectivity index (χ0v) is 10.0. The average molecular weight is 239 g/mol. The molecule has 0 aliphatic rings. The number of aromatic nitrogens is 1. The van der Waals surface area contributed by atoms with Gasteiger partial charge < -0.3 is 9.40 Å². The molecule has 0 fully saturated rings. The first-order chi connectivity index (χ1) is 8.75. The van der Waals surface area contributed by atoms with Gasteiger partial charge in [0.1, 0.15) is 11.3 Å². The highest BCUT2D eigenvalue weighted by Crippen LogP contribution is 2.27. The molecule has 0 saturated carbocycles. The molecule has 90 valence electrons. The maximum Gasteiger partial charge on any atom is 0.259 e. The summed E-state index contributed by atoms with van der Waals surface area (Å²) in [7, 11) is 0. The van der Waals surface area contributed by atoms with Crippen molar-refractivity contribution < 1.29 is 4.42 Å². The van der Waals surface area contributed by atoms with E-state index in [2.05, 4.69) is 24.0 Å². The highest BCUT2D eigenvalue weighted by molar-refractivity contribution is 5.76.